The number of nitrogens with zero attached hydrogens (tertiary/aromatic N) is 4. The van der Waals surface area contributed by atoms with Gasteiger partial charge in [-0.1, -0.05) is 36.3 Å². The third kappa shape index (κ3) is 6.64. The maximum Gasteiger partial charge on any atom is 0.416 e. The van der Waals surface area contributed by atoms with Crippen molar-refractivity contribution < 1.29 is 37.4 Å². The molecule has 0 spiro atoms. The molecule has 3 atom stereocenters. The maximum absolute atomic E-state index is 13.4. The lowest BCUT2D eigenvalue weighted by atomic mass is 9.78. The number of nitrogens with one attached hydrogen (secondary N) is 2. The fourth-order valence-electron chi connectivity index (χ4n) is 4.92. The zero-order valence-electron chi connectivity index (χ0n) is 22.5. The van der Waals surface area contributed by atoms with Crippen molar-refractivity contribution in [3.05, 3.63) is 53.2 Å². The van der Waals surface area contributed by atoms with E-state index < -0.39 is 41.7 Å². The smallest absolute Gasteiger partial charge is 0.416 e. The van der Waals surface area contributed by atoms with E-state index in [0.29, 0.717) is 29.9 Å². The number of benzene rings is 1. The van der Waals surface area contributed by atoms with Crippen LogP contribution >= 0.6 is 0 Å². The highest BCUT2D eigenvalue weighted by molar-refractivity contribution is 5.96. The van der Waals surface area contributed by atoms with Crippen molar-refractivity contribution in [3.8, 4) is 11.4 Å². The first-order valence-electron chi connectivity index (χ1n) is 12.9. The van der Waals surface area contributed by atoms with Gasteiger partial charge in [-0.15, -0.1) is 5.10 Å². The minimum absolute atomic E-state index is 0.0847. The zero-order valence-corrected chi connectivity index (χ0v) is 22.5. The molecule has 0 saturated heterocycles. The van der Waals surface area contributed by atoms with Crippen LogP contribution in [-0.4, -0.2) is 43.1 Å². The highest BCUT2D eigenvalue weighted by Gasteiger charge is 2.36. The number of aromatic nitrogens is 4. The number of amides is 2. The Morgan fingerprint density at radius 1 is 1.07 bits per heavy atom. The van der Waals surface area contributed by atoms with Gasteiger partial charge in [0.1, 0.15) is 6.10 Å². The summed E-state index contributed by atoms with van der Waals surface area (Å²) in [7, 11) is 1.50. The van der Waals surface area contributed by atoms with Gasteiger partial charge in [0.05, 0.1) is 34.5 Å². The molecule has 4 rings (SSSR count). The number of carbonyl (C=O) groups excluding carboxylic acids is 2. The lowest BCUT2D eigenvalue weighted by molar-refractivity contribution is -0.147. The molecule has 41 heavy (non-hydrogen) atoms. The highest BCUT2D eigenvalue weighted by atomic mass is 19.4. The summed E-state index contributed by atoms with van der Waals surface area (Å²) in [6, 6.07) is 7.95. The number of rotatable bonds is 7. The third-order valence-electron chi connectivity index (χ3n) is 7.04. The molecule has 3 aromatic rings. The number of alkyl halides is 3. The molecule has 1 saturated carbocycles. The summed E-state index contributed by atoms with van der Waals surface area (Å²) in [6.45, 7) is 2.97. The molecule has 2 amide bonds. The van der Waals surface area contributed by atoms with Gasteiger partial charge in [0.25, 0.3) is 0 Å². The van der Waals surface area contributed by atoms with E-state index in [0.717, 1.165) is 18.9 Å². The van der Waals surface area contributed by atoms with E-state index in [1.807, 2.05) is 0 Å². The van der Waals surface area contributed by atoms with Crippen LogP contribution in [0, 0.1) is 18.8 Å². The van der Waals surface area contributed by atoms with Gasteiger partial charge in [-0.3, -0.25) is 14.9 Å². The van der Waals surface area contributed by atoms with Crippen LogP contribution < -0.4 is 10.6 Å². The molecule has 0 aliphatic heterocycles. The number of halogens is 3. The summed E-state index contributed by atoms with van der Waals surface area (Å²) in [5, 5.41) is 22.7. The topological polar surface area (TPSA) is 148 Å². The van der Waals surface area contributed by atoms with Crippen molar-refractivity contribution in [1.29, 1.82) is 0 Å². The van der Waals surface area contributed by atoms with Gasteiger partial charge in [0.15, 0.2) is 11.5 Å². The summed E-state index contributed by atoms with van der Waals surface area (Å²) in [5.41, 5.74) is 0.152. The Balaban J connectivity index is 1.48. The first-order valence-corrected chi connectivity index (χ1v) is 12.9. The molecule has 0 bridgehead atoms. The van der Waals surface area contributed by atoms with Crippen molar-refractivity contribution in [3.63, 3.8) is 0 Å². The Morgan fingerprint density at radius 2 is 1.76 bits per heavy atom. The number of hydrogen-bond donors (Lipinski definition) is 3. The quantitative estimate of drug-likeness (QED) is 0.342. The second-order valence-electron chi connectivity index (χ2n) is 9.82. The molecule has 0 radical (unpaired) electrons. The largest absolute Gasteiger partial charge is 0.481 e. The van der Waals surface area contributed by atoms with Gasteiger partial charge in [-0.05, 0) is 44.9 Å². The Kier molecular flexibility index (Phi) is 8.59. The van der Waals surface area contributed by atoms with E-state index in [1.54, 1.807) is 19.1 Å². The van der Waals surface area contributed by atoms with Crippen molar-refractivity contribution in [2.75, 3.05) is 10.6 Å². The van der Waals surface area contributed by atoms with Crippen LogP contribution in [0.5, 0.6) is 0 Å². The number of hydrogen-bond acceptors (Lipinski definition) is 7. The standard InChI is InChI=1S/C27H29F3N6O5/c1-14-20(32-24(37)17-9-4-5-10-18(17)25(38)39)12-13-21(31-14)22-23(36(3)35-34-22)33-26(40)41-15(2)16-8-6-7-11-19(16)27(28,29)30/h6-8,11-13,15,17-18H,4-5,9-10H2,1-3H3,(H,32,37)(H,33,40)(H,38,39)/t15?,17-,18-/m0/s1. The minimum atomic E-state index is -4.62. The number of ether oxygens (including phenoxy) is 1. The second kappa shape index (κ2) is 11.9. The van der Waals surface area contributed by atoms with E-state index in [4.69, 9.17) is 4.74 Å². The average molecular weight is 575 g/mol. The lowest BCUT2D eigenvalue weighted by Crippen LogP contribution is -2.36. The number of anilines is 2. The van der Waals surface area contributed by atoms with Crippen molar-refractivity contribution in [2.24, 2.45) is 18.9 Å². The number of aryl methyl sites for hydroxylation is 2. The molecule has 2 aromatic heterocycles. The van der Waals surface area contributed by atoms with Crippen LogP contribution in [0.15, 0.2) is 36.4 Å². The van der Waals surface area contributed by atoms with E-state index in [-0.39, 0.29) is 23.0 Å². The van der Waals surface area contributed by atoms with Gasteiger partial charge in [0.2, 0.25) is 5.91 Å². The van der Waals surface area contributed by atoms with Crippen LogP contribution in [0.3, 0.4) is 0 Å². The van der Waals surface area contributed by atoms with Gasteiger partial charge in [-0.2, -0.15) is 13.2 Å². The van der Waals surface area contributed by atoms with E-state index in [9.17, 15) is 32.7 Å². The number of aliphatic carboxylic acids is 1. The summed E-state index contributed by atoms with van der Waals surface area (Å²) in [6.07, 6.45) is -4.39. The predicted octanol–water partition coefficient (Wildman–Crippen LogP) is 5.34. The Hall–Kier alpha value is -4.49. The van der Waals surface area contributed by atoms with E-state index in [1.165, 1.54) is 36.9 Å². The van der Waals surface area contributed by atoms with Crippen molar-refractivity contribution >= 4 is 29.5 Å². The maximum atomic E-state index is 13.4. The van der Waals surface area contributed by atoms with Crippen LogP contribution in [0.4, 0.5) is 29.5 Å². The van der Waals surface area contributed by atoms with Gasteiger partial charge < -0.3 is 15.2 Å². The molecule has 11 nitrogen and oxygen atoms in total. The fourth-order valence-corrected chi connectivity index (χ4v) is 4.92. The van der Waals surface area contributed by atoms with Crippen LogP contribution in [0.2, 0.25) is 0 Å². The molecule has 3 N–H and O–H groups in total. The van der Waals surface area contributed by atoms with Crippen LogP contribution in [-0.2, 0) is 27.5 Å². The Morgan fingerprint density at radius 3 is 2.41 bits per heavy atom. The third-order valence-corrected chi connectivity index (χ3v) is 7.04. The Bertz CT molecular complexity index is 1460. The summed E-state index contributed by atoms with van der Waals surface area (Å²) >= 11 is 0. The van der Waals surface area contributed by atoms with Crippen LogP contribution in [0.25, 0.3) is 11.4 Å². The van der Waals surface area contributed by atoms with Gasteiger partial charge in [-0.25, -0.2) is 14.5 Å². The molecule has 1 unspecified atom stereocenters. The summed E-state index contributed by atoms with van der Waals surface area (Å²) in [4.78, 5) is 41.6. The average Bonchev–Trinajstić information content (AvgIpc) is 3.28. The van der Waals surface area contributed by atoms with E-state index >= 15 is 0 Å². The number of carboxylic acid groups (broad SMARTS) is 1. The molecule has 218 valence electrons. The lowest BCUT2D eigenvalue weighted by Gasteiger charge is -2.27. The SMILES string of the molecule is Cc1nc(-c2nnn(C)c2NC(=O)OC(C)c2ccccc2C(F)(F)F)ccc1NC(=O)[C@H]1CCCC[C@@H]1C(=O)O. The molecule has 2 heterocycles. The van der Waals surface area contributed by atoms with Crippen molar-refractivity contribution in [2.45, 2.75) is 51.8 Å². The number of carbonyl (C=O) groups is 3. The summed E-state index contributed by atoms with van der Waals surface area (Å²) < 4.78 is 46.6. The molecule has 1 aromatic carbocycles. The molecule has 1 fully saturated rings. The Labute approximate surface area is 233 Å². The predicted molar refractivity (Wildman–Crippen MR) is 141 cm³/mol. The zero-order chi connectivity index (χ0) is 29.9. The fraction of sp³-hybridized carbons (Fsp3) is 0.407. The minimum Gasteiger partial charge on any atom is -0.481 e. The normalized spacial score (nSPS) is 17.9. The summed E-state index contributed by atoms with van der Waals surface area (Å²) in [5.74, 6) is -2.68. The second-order valence-corrected chi connectivity index (χ2v) is 9.82. The molecular weight excluding hydrogens is 545 g/mol. The number of carboxylic acids is 1. The molecular formula is C27H29F3N6O5. The molecule has 14 heteroatoms. The molecule has 1 aliphatic carbocycles. The monoisotopic (exact) mass is 574 g/mol. The number of pyridine rings is 1. The highest BCUT2D eigenvalue weighted by Crippen LogP contribution is 2.36. The van der Waals surface area contributed by atoms with Crippen molar-refractivity contribution in [1.82, 2.24) is 20.0 Å². The van der Waals surface area contributed by atoms with Gasteiger partial charge >= 0.3 is 18.2 Å². The first-order chi connectivity index (χ1) is 19.4. The first kappa shape index (κ1) is 29.5. The molecule has 1 aliphatic rings. The van der Waals surface area contributed by atoms with Gasteiger partial charge in [0, 0.05) is 12.6 Å². The van der Waals surface area contributed by atoms with Crippen LogP contribution in [0.1, 0.15) is 55.5 Å². The van der Waals surface area contributed by atoms with E-state index in [2.05, 4.69) is 25.9 Å².